The molecule has 17 heavy (non-hydrogen) atoms. The normalized spacial score (nSPS) is 22.6. The number of carbonyl (C=O) groups is 1. The third-order valence-electron chi connectivity index (χ3n) is 2.82. The van der Waals surface area contributed by atoms with E-state index in [1.54, 1.807) is 0 Å². The average molecular weight is 262 g/mol. The van der Waals surface area contributed by atoms with Crippen LogP contribution in [0.1, 0.15) is 19.3 Å². The zero-order chi connectivity index (χ0) is 13.1. The van der Waals surface area contributed by atoms with Crippen LogP contribution in [0, 0.1) is 0 Å². The van der Waals surface area contributed by atoms with E-state index in [1.165, 1.54) is 13.1 Å². The Morgan fingerprint density at radius 1 is 1.59 bits per heavy atom. The second-order valence-corrected chi connectivity index (χ2v) is 6.03. The lowest BCUT2D eigenvalue weighted by Crippen LogP contribution is -2.52. The molecule has 0 aliphatic carbocycles. The molecule has 0 aromatic carbocycles. The SMILES string of the molecule is C=CCN(C)S(=O)(=O)N1CCCCC1C(=O)O. The summed E-state index contributed by atoms with van der Waals surface area (Å²) < 4.78 is 26.4. The summed E-state index contributed by atoms with van der Waals surface area (Å²) in [5.41, 5.74) is 0. The first kappa shape index (κ1) is 14.1. The largest absolute Gasteiger partial charge is 0.480 e. The molecule has 6 nitrogen and oxygen atoms in total. The van der Waals surface area contributed by atoms with Crippen LogP contribution < -0.4 is 0 Å². The highest BCUT2D eigenvalue weighted by Gasteiger charge is 2.38. The minimum absolute atomic E-state index is 0.172. The zero-order valence-corrected chi connectivity index (χ0v) is 10.7. The molecule has 1 unspecified atom stereocenters. The van der Waals surface area contributed by atoms with Gasteiger partial charge in [0.2, 0.25) is 0 Å². The maximum absolute atomic E-state index is 12.1. The van der Waals surface area contributed by atoms with Gasteiger partial charge in [0.25, 0.3) is 10.2 Å². The molecule has 1 fully saturated rings. The molecule has 1 heterocycles. The van der Waals surface area contributed by atoms with Gasteiger partial charge < -0.3 is 5.11 Å². The van der Waals surface area contributed by atoms with E-state index < -0.39 is 22.2 Å². The van der Waals surface area contributed by atoms with Gasteiger partial charge in [-0.25, -0.2) is 0 Å². The molecule has 1 atom stereocenters. The van der Waals surface area contributed by atoms with Crippen LogP contribution in [0.2, 0.25) is 0 Å². The van der Waals surface area contributed by atoms with E-state index in [2.05, 4.69) is 6.58 Å². The van der Waals surface area contributed by atoms with Gasteiger partial charge in [0.1, 0.15) is 6.04 Å². The molecular weight excluding hydrogens is 244 g/mol. The fourth-order valence-corrected chi connectivity index (χ4v) is 3.41. The van der Waals surface area contributed by atoms with Crippen LogP contribution in [0.15, 0.2) is 12.7 Å². The van der Waals surface area contributed by atoms with Gasteiger partial charge in [-0.05, 0) is 19.3 Å². The average Bonchev–Trinajstić information content (AvgIpc) is 2.29. The fraction of sp³-hybridized carbons (Fsp3) is 0.700. The topological polar surface area (TPSA) is 77.9 Å². The van der Waals surface area contributed by atoms with Crippen LogP contribution in [0.5, 0.6) is 0 Å². The lowest BCUT2D eigenvalue weighted by Gasteiger charge is -2.34. The summed E-state index contributed by atoms with van der Waals surface area (Å²) in [5, 5.41) is 9.04. The molecule has 0 bridgehead atoms. The molecule has 1 N–H and O–H groups in total. The van der Waals surface area contributed by atoms with Crippen LogP contribution >= 0.6 is 0 Å². The van der Waals surface area contributed by atoms with E-state index in [4.69, 9.17) is 5.11 Å². The van der Waals surface area contributed by atoms with Gasteiger partial charge in [0.15, 0.2) is 0 Å². The number of nitrogens with zero attached hydrogens (tertiary/aromatic N) is 2. The van der Waals surface area contributed by atoms with E-state index in [0.29, 0.717) is 12.8 Å². The van der Waals surface area contributed by atoms with E-state index >= 15 is 0 Å². The van der Waals surface area contributed by atoms with Gasteiger partial charge in [0, 0.05) is 20.1 Å². The summed E-state index contributed by atoms with van der Waals surface area (Å²) in [6, 6.07) is -0.944. The first-order valence-corrected chi connectivity index (χ1v) is 6.87. The molecule has 98 valence electrons. The maximum atomic E-state index is 12.1. The minimum Gasteiger partial charge on any atom is -0.480 e. The minimum atomic E-state index is -3.70. The quantitative estimate of drug-likeness (QED) is 0.722. The molecule has 1 aliphatic rings. The second-order valence-electron chi connectivity index (χ2n) is 4.04. The van der Waals surface area contributed by atoms with Crippen LogP contribution in [0.3, 0.4) is 0 Å². The van der Waals surface area contributed by atoms with Crippen molar-refractivity contribution in [3.05, 3.63) is 12.7 Å². The van der Waals surface area contributed by atoms with Crippen molar-refractivity contribution >= 4 is 16.2 Å². The predicted octanol–water partition coefficient (Wildman–Crippen LogP) is 0.288. The Kier molecular flexibility index (Phi) is 4.67. The van der Waals surface area contributed by atoms with Gasteiger partial charge in [-0.3, -0.25) is 4.79 Å². The molecule has 0 aromatic heterocycles. The van der Waals surface area contributed by atoms with Gasteiger partial charge in [0.05, 0.1) is 0 Å². The van der Waals surface area contributed by atoms with Crippen molar-refractivity contribution in [2.45, 2.75) is 25.3 Å². The highest BCUT2D eigenvalue weighted by molar-refractivity contribution is 7.86. The summed E-state index contributed by atoms with van der Waals surface area (Å²) in [6.07, 6.45) is 3.28. The molecular formula is C10H18N2O4S. The molecule has 1 saturated heterocycles. The Hall–Kier alpha value is -0.920. The third-order valence-corrected chi connectivity index (χ3v) is 4.78. The molecule has 0 spiro atoms. The van der Waals surface area contributed by atoms with Crippen LogP contribution in [-0.2, 0) is 15.0 Å². The molecule has 0 radical (unpaired) electrons. The molecule has 1 rings (SSSR count). The van der Waals surface area contributed by atoms with Gasteiger partial charge in [-0.1, -0.05) is 6.08 Å². The fourth-order valence-electron chi connectivity index (χ4n) is 1.88. The highest BCUT2D eigenvalue weighted by atomic mass is 32.2. The lowest BCUT2D eigenvalue weighted by atomic mass is 10.1. The summed E-state index contributed by atoms with van der Waals surface area (Å²) >= 11 is 0. The number of carboxylic acid groups (broad SMARTS) is 1. The van der Waals surface area contributed by atoms with Crippen molar-refractivity contribution in [2.75, 3.05) is 20.1 Å². The Morgan fingerprint density at radius 2 is 2.24 bits per heavy atom. The van der Waals surface area contributed by atoms with E-state index in [-0.39, 0.29) is 13.1 Å². The Balaban J connectivity index is 2.94. The van der Waals surface area contributed by atoms with Crippen molar-refractivity contribution in [2.24, 2.45) is 0 Å². The number of aliphatic carboxylic acids is 1. The van der Waals surface area contributed by atoms with Crippen molar-refractivity contribution < 1.29 is 18.3 Å². The summed E-state index contributed by atoms with van der Waals surface area (Å²) in [6.45, 7) is 3.91. The predicted molar refractivity (Wildman–Crippen MR) is 63.7 cm³/mol. The van der Waals surface area contributed by atoms with Crippen molar-refractivity contribution in [3.8, 4) is 0 Å². The number of carboxylic acids is 1. The number of hydrogen-bond donors (Lipinski definition) is 1. The third kappa shape index (κ3) is 3.05. The lowest BCUT2D eigenvalue weighted by molar-refractivity contribution is -0.142. The summed E-state index contributed by atoms with van der Waals surface area (Å²) in [5.74, 6) is -1.08. The smallest absolute Gasteiger partial charge is 0.322 e. The summed E-state index contributed by atoms with van der Waals surface area (Å²) in [4.78, 5) is 11.0. The molecule has 0 aromatic rings. The number of likely N-dealkylation sites (N-methyl/N-ethyl adjacent to an activating group) is 1. The second kappa shape index (κ2) is 5.61. The zero-order valence-electron chi connectivity index (χ0n) is 9.87. The Labute approximate surface area is 102 Å². The first-order valence-electron chi connectivity index (χ1n) is 5.48. The van der Waals surface area contributed by atoms with Crippen molar-refractivity contribution in [1.29, 1.82) is 0 Å². The van der Waals surface area contributed by atoms with E-state index in [1.807, 2.05) is 0 Å². The number of hydrogen-bond acceptors (Lipinski definition) is 3. The standard InChI is InChI=1S/C10H18N2O4S/c1-3-7-11(2)17(15,16)12-8-5-4-6-9(12)10(13)14/h3,9H,1,4-8H2,2H3,(H,13,14). The maximum Gasteiger partial charge on any atom is 0.322 e. The van der Waals surface area contributed by atoms with Gasteiger partial charge in [-0.15, -0.1) is 6.58 Å². The van der Waals surface area contributed by atoms with Gasteiger partial charge >= 0.3 is 5.97 Å². The molecule has 0 saturated carbocycles. The molecule has 7 heteroatoms. The highest BCUT2D eigenvalue weighted by Crippen LogP contribution is 2.22. The van der Waals surface area contributed by atoms with E-state index in [9.17, 15) is 13.2 Å². The number of piperidine rings is 1. The van der Waals surface area contributed by atoms with Crippen LogP contribution in [0.25, 0.3) is 0 Å². The van der Waals surface area contributed by atoms with Crippen molar-refractivity contribution in [3.63, 3.8) is 0 Å². The monoisotopic (exact) mass is 262 g/mol. The molecule has 1 aliphatic heterocycles. The molecule has 0 amide bonds. The van der Waals surface area contributed by atoms with Crippen LogP contribution in [0.4, 0.5) is 0 Å². The Bertz CT molecular complexity index is 393. The van der Waals surface area contributed by atoms with Crippen LogP contribution in [-0.4, -0.2) is 54.3 Å². The Morgan fingerprint density at radius 3 is 2.76 bits per heavy atom. The number of rotatable bonds is 5. The summed E-state index contributed by atoms with van der Waals surface area (Å²) in [7, 11) is -2.28. The van der Waals surface area contributed by atoms with Gasteiger partial charge in [-0.2, -0.15) is 17.0 Å². The van der Waals surface area contributed by atoms with E-state index in [0.717, 1.165) is 15.0 Å². The first-order chi connectivity index (χ1) is 7.91. The van der Waals surface area contributed by atoms with Crippen molar-refractivity contribution in [1.82, 2.24) is 8.61 Å².